The van der Waals surface area contributed by atoms with E-state index in [1.807, 2.05) is 12.1 Å². The van der Waals surface area contributed by atoms with E-state index in [0.29, 0.717) is 33.1 Å². The number of primary sulfonamides is 1. The number of halogens is 1. The van der Waals surface area contributed by atoms with Gasteiger partial charge in [0.25, 0.3) is 0 Å². The van der Waals surface area contributed by atoms with Crippen LogP contribution in [0.3, 0.4) is 0 Å². The first-order valence-corrected chi connectivity index (χ1v) is 11.3. The number of pyridine rings is 1. The SMILES string of the molecule is COc1c(-c2cccnc2)cc(-c2ccnn2-c2ccccc2Cl)c(OC)c1S(N)(=O)=O. The van der Waals surface area contributed by atoms with Crippen molar-refractivity contribution in [1.29, 1.82) is 0 Å². The summed E-state index contributed by atoms with van der Waals surface area (Å²) in [7, 11) is -1.50. The van der Waals surface area contributed by atoms with Crippen molar-refractivity contribution >= 4 is 21.6 Å². The lowest BCUT2D eigenvalue weighted by Gasteiger charge is -2.20. The Morgan fingerprint density at radius 2 is 1.69 bits per heavy atom. The molecule has 0 saturated heterocycles. The monoisotopic (exact) mass is 470 g/mol. The molecule has 8 nitrogen and oxygen atoms in total. The zero-order chi connectivity index (χ0) is 22.9. The zero-order valence-electron chi connectivity index (χ0n) is 17.2. The second-order valence-corrected chi connectivity index (χ2v) is 8.64. The Balaban J connectivity index is 2.12. The van der Waals surface area contributed by atoms with Crippen LogP contribution in [0.15, 0.2) is 72.0 Å². The maximum atomic E-state index is 12.7. The first kappa shape index (κ1) is 21.8. The lowest BCUT2D eigenvalue weighted by Crippen LogP contribution is -2.16. The van der Waals surface area contributed by atoms with E-state index >= 15 is 0 Å². The van der Waals surface area contributed by atoms with Crippen molar-refractivity contribution in [1.82, 2.24) is 14.8 Å². The predicted molar refractivity (Wildman–Crippen MR) is 122 cm³/mol. The summed E-state index contributed by atoms with van der Waals surface area (Å²) in [4.78, 5) is 3.87. The van der Waals surface area contributed by atoms with Gasteiger partial charge in [0, 0.05) is 29.1 Å². The van der Waals surface area contributed by atoms with Gasteiger partial charge in [0.1, 0.15) is 0 Å². The molecule has 0 aliphatic heterocycles. The molecular formula is C22H19ClN4O4S. The van der Waals surface area contributed by atoms with E-state index < -0.39 is 10.0 Å². The minimum Gasteiger partial charge on any atom is -0.495 e. The Kier molecular flexibility index (Phi) is 5.88. The summed E-state index contributed by atoms with van der Waals surface area (Å²) >= 11 is 6.39. The van der Waals surface area contributed by atoms with Crippen molar-refractivity contribution in [2.75, 3.05) is 14.2 Å². The van der Waals surface area contributed by atoms with Crippen LogP contribution in [0.5, 0.6) is 11.5 Å². The highest BCUT2D eigenvalue weighted by Gasteiger charge is 2.30. The van der Waals surface area contributed by atoms with Crippen LogP contribution in [0.1, 0.15) is 0 Å². The summed E-state index contributed by atoms with van der Waals surface area (Å²) in [5, 5.41) is 10.5. The van der Waals surface area contributed by atoms with Crippen LogP contribution >= 0.6 is 11.6 Å². The average molecular weight is 471 g/mol. The van der Waals surface area contributed by atoms with Gasteiger partial charge in [-0.2, -0.15) is 5.10 Å². The molecule has 0 saturated carbocycles. The molecule has 0 aliphatic carbocycles. The predicted octanol–water partition coefficient (Wildman–Crippen LogP) is 3.92. The van der Waals surface area contributed by atoms with Crippen LogP contribution in [0.4, 0.5) is 0 Å². The Labute approximate surface area is 190 Å². The standard InChI is InChI=1S/C22H19ClN4O4S/c1-30-20-15(14-6-5-10-25-13-14)12-16(21(31-2)22(20)32(24,28)29)18-9-11-26-27(18)19-8-4-3-7-17(19)23/h3-13H,1-2H3,(H2,24,28,29). The maximum absolute atomic E-state index is 12.7. The molecule has 0 radical (unpaired) electrons. The number of ether oxygens (including phenoxy) is 2. The third-order valence-electron chi connectivity index (χ3n) is 4.86. The van der Waals surface area contributed by atoms with Gasteiger partial charge in [-0.3, -0.25) is 4.98 Å². The van der Waals surface area contributed by atoms with Crippen LogP contribution < -0.4 is 14.6 Å². The largest absolute Gasteiger partial charge is 0.495 e. The molecule has 0 unspecified atom stereocenters. The van der Waals surface area contributed by atoms with E-state index in [4.69, 9.17) is 26.2 Å². The maximum Gasteiger partial charge on any atom is 0.245 e. The average Bonchev–Trinajstić information content (AvgIpc) is 3.27. The molecule has 0 spiro atoms. The third kappa shape index (κ3) is 3.81. The van der Waals surface area contributed by atoms with Crippen molar-refractivity contribution in [3.63, 3.8) is 0 Å². The molecule has 2 aromatic carbocycles. The summed E-state index contributed by atoms with van der Waals surface area (Å²) in [5.74, 6) is 0.0932. The number of nitrogens with two attached hydrogens (primary N) is 1. The molecular weight excluding hydrogens is 452 g/mol. The number of hydrogen-bond acceptors (Lipinski definition) is 6. The van der Waals surface area contributed by atoms with Gasteiger partial charge in [-0.05, 0) is 30.3 Å². The number of para-hydroxylation sites is 1. The van der Waals surface area contributed by atoms with E-state index in [0.717, 1.165) is 0 Å². The van der Waals surface area contributed by atoms with Gasteiger partial charge in [0.05, 0.1) is 36.8 Å². The van der Waals surface area contributed by atoms with Crippen molar-refractivity contribution in [3.8, 4) is 39.6 Å². The minimum atomic E-state index is -4.24. The fourth-order valence-electron chi connectivity index (χ4n) is 3.54. The second kappa shape index (κ2) is 8.62. The van der Waals surface area contributed by atoms with Gasteiger partial charge in [-0.25, -0.2) is 18.2 Å². The lowest BCUT2D eigenvalue weighted by atomic mass is 10.0. The summed E-state index contributed by atoms with van der Waals surface area (Å²) in [5.41, 5.74) is 2.72. The summed E-state index contributed by atoms with van der Waals surface area (Å²) in [6.07, 6.45) is 4.81. The molecule has 0 fully saturated rings. The topological polar surface area (TPSA) is 109 Å². The van der Waals surface area contributed by atoms with Crippen LogP contribution in [0, 0.1) is 0 Å². The van der Waals surface area contributed by atoms with Crippen molar-refractivity contribution < 1.29 is 17.9 Å². The number of hydrogen-bond donors (Lipinski definition) is 1. The normalized spacial score (nSPS) is 11.4. The summed E-state index contributed by atoms with van der Waals surface area (Å²) in [6, 6.07) is 14.2. The molecule has 0 atom stereocenters. The van der Waals surface area contributed by atoms with E-state index in [2.05, 4.69) is 10.1 Å². The Morgan fingerprint density at radius 1 is 0.969 bits per heavy atom. The number of benzene rings is 2. The molecule has 164 valence electrons. The Bertz CT molecular complexity index is 1390. The van der Waals surface area contributed by atoms with Crippen molar-refractivity contribution in [2.45, 2.75) is 4.90 Å². The summed E-state index contributed by atoms with van der Waals surface area (Å²) in [6.45, 7) is 0. The highest BCUT2D eigenvalue weighted by molar-refractivity contribution is 7.89. The molecule has 0 aliphatic rings. The number of methoxy groups -OCH3 is 2. The smallest absolute Gasteiger partial charge is 0.245 e. The van der Waals surface area contributed by atoms with Crippen molar-refractivity contribution in [2.24, 2.45) is 5.14 Å². The molecule has 2 heterocycles. The fraction of sp³-hybridized carbons (Fsp3) is 0.0909. The molecule has 4 aromatic rings. The highest BCUT2D eigenvalue weighted by Crippen LogP contribution is 2.47. The van der Waals surface area contributed by atoms with E-state index in [1.165, 1.54) is 14.2 Å². The number of sulfonamides is 1. The number of nitrogens with zero attached hydrogens (tertiary/aromatic N) is 3. The van der Waals surface area contributed by atoms with Gasteiger partial charge in [0.15, 0.2) is 16.4 Å². The van der Waals surface area contributed by atoms with Crippen LogP contribution in [0.2, 0.25) is 5.02 Å². The Morgan fingerprint density at radius 3 is 2.31 bits per heavy atom. The molecule has 32 heavy (non-hydrogen) atoms. The number of aromatic nitrogens is 3. The third-order valence-corrected chi connectivity index (χ3v) is 6.11. The van der Waals surface area contributed by atoms with Gasteiger partial charge in [-0.1, -0.05) is 29.8 Å². The van der Waals surface area contributed by atoms with Crippen LogP contribution in [-0.4, -0.2) is 37.4 Å². The van der Waals surface area contributed by atoms with Gasteiger partial charge < -0.3 is 9.47 Å². The Hall–Kier alpha value is -3.40. The molecule has 2 aromatic heterocycles. The van der Waals surface area contributed by atoms with Crippen LogP contribution in [-0.2, 0) is 10.0 Å². The quantitative estimate of drug-likeness (QED) is 0.457. The molecule has 2 N–H and O–H groups in total. The summed E-state index contributed by atoms with van der Waals surface area (Å²) < 4.78 is 38.0. The number of rotatable bonds is 6. The van der Waals surface area contributed by atoms with E-state index in [-0.39, 0.29) is 16.4 Å². The highest BCUT2D eigenvalue weighted by atomic mass is 35.5. The van der Waals surface area contributed by atoms with Gasteiger partial charge in [0.2, 0.25) is 10.0 Å². The fourth-order valence-corrected chi connectivity index (χ4v) is 4.66. The van der Waals surface area contributed by atoms with Crippen molar-refractivity contribution in [3.05, 3.63) is 72.1 Å². The van der Waals surface area contributed by atoms with E-state index in [9.17, 15) is 8.42 Å². The molecule has 4 rings (SSSR count). The second-order valence-electron chi connectivity index (χ2n) is 6.73. The molecule has 10 heteroatoms. The first-order valence-electron chi connectivity index (χ1n) is 9.38. The van der Waals surface area contributed by atoms with Crippen LogP contribution in [0.25, 0.3) is 28.1 Å². The lowest BCUT2D eigenvalue weighted by molar-refractivity contribution is 0.375. The first-order chi connectivity index (χ1) is 15.4. The van der Waals surface area contributed by atoms with E-state index in [1.54, 1.807) is 59.7 Å². The molecule has 0 amide bonds. The van der Waals surface area contributed by atoms with Gasteiger partial charge >= 0.3 is 0 Å². The minimum absolute atomic E-state index is 0.0331. The molecule has 0 bridgehead atoms. The van der Waals surface area contributed by atoms with Gasteiger partial charge in [-0.15, -0.1) is 0 Å². The zero-order valence-corrected chi connectivity index (χ0v) is 18.8.